The van der Waals surface area contributed by atoms with Crippen molar-refractivity contribution in [1.82, 2.24) is 9.80 Å². The maximum atomic E-state index is 5.38. The third kappa shape index (κ3) is 4.04. The molecule has 2 rings (SSSR count). The molecule has 16 heavy (non-hydrogen) atoms. The number of rotatable bonds is 3. The molecule has 2 fully saturated rings. The quantitative estimate of drug-likeness (QED) is 0.724. The Morgan fingerprint density at radius 2 is 1.88 bits per heavy atom. The van der Waals surface area contributed by atoms with Crippen molar-refractivity contribution in [2.75, 3.05) is 53.0 Å². The van der Waals surface area contributed by atoms with Gasteiger partial charge in [0.25, 0.3) is 0 Å². The summed E-state index contributed by atoms with van der Waals surface area (Å²) in [5.74, 6) is 0.966. The molecule has 0 spiro atoms. The summed E-state index contributed by atoms with van der Waals surface area (Å²) in [5.41, 5.74) is 0. The van der Waals surface area contributed by atoms with Crippen LogP contribution in [0.15, 0.2) is 0 Å². The fourth-order valence-electron chi connectivity index (χ4n) is 2.79. The zero-order chi connectivity index (χ0) is 11.2. The Morgan fingerprint density at radius 3 is 2.69 bits per heavy atom. The monoisotopic (exact) mass is 226 g/mol. The van der Waals surface area contributed by atoms with Gasteiger partial charge in [-0.2, -0.15) is 0 Å². The predicted octanol–water partition coefficient (Wildman–Crippen LogP) is 1.44. The molecular formula is C13H26N2O. The van der Waals surface area contributed by atoms with Crippen LogP contribution in [0.1, 0.15) is 25.7 Å². The molecule has 2 aliphatic heterocycles. The van der Waals surface area contributed by atoms with Gasteiger partial charge in [-0.1, -0.05) is 0 Å². The molecular weight excluding hydrogens is 200 g/mol. The van der Waals surface area contributed by atoms with Gasteiger partial charge in [0, 0.05) is 13.1 Å². The Bertz CT molecular complexity index is 192. The van der Waals surface area contributed by atoms with Crippen molar-refractivity contribution < 1.29 is 4.74 Å². The van der Waals surface area contributed by atoms with E-state index in [9.17, 15) is 0 Å². The van der Waals surface area contributed by atoms with Crippen LogP contribution in [0.4, 0.5) is 0 Å². The smallest absolute Gasteiger partial charge is 0.0594 e. The van der Waals surface area contributed by atoms with Gasteiger partial charge < -0.3 is 9.64 Å². The van der Waals surface area contributed by atoms with E-state index in [2.05, 4.69) is 16.8 Å². The molecule has 94 valence electrons. The van der Waals surface area contributed by atoms with Crippen LogP contribution in [0.5, 0.6) is 0 Å². The zero-order valence-electron chi connectivity index (χ0n) is 10.7. The molecule has 0 saturated carbocycles. The first-order chi connectivity index (χ1) is 7.84. The molecule has 2 heterocycles. The minimum absolute atomic E-state index is 0.938. The van der Waals surface area contributed by atoms with E-state index in [1.165, 1.54) is 45.3 Å². The number of hydrogen-bond donors (Lipinski definition) is 0. The fourth-order valence-corrected chi connectivity index (χ4v) is 2.79. The summed E-state index contributed by atoms with van der Waals surface area (Å²) in [6.07, 6.45) is 5.63. The van der Waals surface area contributed by atoms with Gasteiger partial charge in [0.2, 0.25) is 0 Å². The Balaban J connectivity index is 1.64. The van der Waals surface area contributed by atoms with Crippen LogP contribution in [0.2, 0.25) is 0 Å². The van der Waals surface area contributed by atoms with Gasteiger partial charge >= 0.3 is 0 Å². The molecule has 3 nitrogen and oxygen atoms in total. The molecule has 0 bridgehead atoms. The Labute approximate surface area is 99.7 Å². The standard InChI is InChI=1S/C13H26N2O/c1-14-6-2-3-13(4-7-14)5-8-15-9-11-16-12-10-15/h13H,2-12H2,1H3. The molecule has 0 aliphatic carbocycles. The van der Waals surface area contributed by atoms with E-state index in [-0.39, 0.29) is 0 Å². The molecule has 0 aromatic carbocycles. The highest BCUT2D eigenvalue weighted by Gasteiger charge is 2.17. The lowest BCUT2D eigenvalue weighted by atomic mass is 9.97. The second-order valence-corrected chi connectivity index (χ2v) is 5.34. The maximum Gasteiger partial charge on any atom is 0.0594 e. The summed E-state index contributed by atoms with van der Waals surface area (Å²) in [4.78, 5) is 5.05. The molecule has 2 saturated heterocycles. The fraction of sp³-hybridized carbons (Fsp3) is 1.00. The van der Waals surface area contributed by atoms with Crippen LogP contribution in [0.3, 0.4) is 0 Å². The van der Waals surface area contributed by atoms with E-state index >= 15 is 0 Å². The van der Waals surface area contributed by atoms with Crippen LogP contribution < -0.4 is 0 Å². The molecule has 0 aromatic heterocycles. The Morgan fingerprint density at radius 1 is 1.06 bits per heavy atom. The molecule has 0 amide bonds. The van der Waals surface area contributed by atoms with Crippen molar-refractivity contribution in [2.45, 2.75) is 25.7 Å². The van der Waals surface area contributed by atoms with Crippen molar-refractivity contribution in [1.29, 1.82) is 0 Å². The first-order valence-electron chi connectivity index (χ1n) is 6.83. The minimum atomic E-state index is 0.938. The number of likely N-dealkylation sites (tertiary alicyclic amines) is 1. The first-order valence-corrected chi connectivity index (χ1v) is 6.83. The third-order valence-corrected chi connectivity index (χ3v) is 4.03. The van der Waals surface area contributed by atoms with Crippen LogP contribution in [-0.2, 0) is 4.74 Å². The van der Waals surface area contributed by atoms with Gasteiger partial charge in [-0.3, -0.25) is 4.90 Å². The molecule has 0 N–H and O–H groups in total. The van der Waals surface area contributed by atoms with Gasteiger partial charge in [-0.25, -0.2) is 0 Å². The van der Waals surface area contributed by atoms with Gasteiger partial charge in [0.1, 0.15) is 0 Å². The van der Waals surface area contributed by atoms with Gasteiger partial charge in [0.05, 0.1) is 13.2 Å². The van der Waals surface area contributed by atoms with E-state index < -0.39 is 0 Å². The van der Waals surface area contributed by atoms with Gasteiger partial charge in [-0.15, -0.1) is 0 Å². The van der Waals surface area contributed by atoms with Crippen LogP contribution in [0, 0.1) is 5.92 Å². The lowest BCUT2D eigenvalue weighted by Crippen LogP contribution is -2.37. The van der Waals surface area contributed by atoms with Gasteiger partial charge in [-0.05, 0) is 58.3 Å². The number of ether oxygens (including phenoxy) is 1. The number of morpholine rings is 1. The second-order valence-electron chi connectivity index (χ2n) is 5.34. The summed E-state index contributed by atoms with van der Waals surface area (Å²) in [7, 11) is 2.25. The summed E-state index contributed by atoms with van der Waals surface area (Å²) in [6.45, 7) is 8.06. The highest BCUT2D eigenvalue weighted by Crippen LogP contribution is 2.20. The first kappa shape index (κ1) is 12.3. The van der Waals surface area contributed by atoms with Crippen LogP contribution in [0.25, 0.3) is 0 Å². The molecule has 0 aromatic rings. The summed E-state index contributed by atoms with van der Waals surface area (Å²) >= 11 is 0. The Kier molecular flexibility index (Phi) is 5.07. The zero-order valence-corrected chi connectivity index (χ0v) is 10.7. The lowest BCUT2D eigenvalue weighted by molar-refractivity contribution is 0.0351. The van der Waals surface area contributed by atoms with Crippen LogP contribution in [-0.4, -0.2) is 62.8 Å². The Hall–Kier alpha value is -0.120. The third-order valence-electron chi connectivity index (χ3n) is 4.03. The van der Waals surface area contributed by atoms with Crippen molar-refractivity contribution in [2.24, 2.45) is 5.92 Å². The number of nitrogens with zero attached hydrogens (tertiary/aromatic N) is 2. The van der Waals surface area contributed by atoms with E-state index in [1.54, 1.807) is 0 Å². The topological polar surface area (TPSA) is 15.7 Å². The highest BCUT2D eigenvalue weighted by molar-refractivity contribution is 4.71. The molecule has 0 radical (unpaired) electrons. The van der Waals surface area contributed by atoms with E-state index in [4.69, 9.17) is 4.74 Å². The van der Waals surface area contributed by atoms with Crippen molar-refractivity contribution >= 4 is 0 Å². The summed E-state index contributed by atoms with van der Waals surface area (Å²) in [6, 6.07) is 0. The summed E-state index contributed by atoms with van der Waals surface area (Å²) in [5, 5.41) is 0. The normalized spacial score (nSPS) is 30.2. The largest absolute Gasteiger partial charge is 0.379 e. The summed E-state index contributed by atoms with van der Waals surface area (Å²) < 4.78 is 5.38. The highest BCUT2D eigenvalue weighted by atomic mass is 16.5. The van der Waals surface area contributed by atoms with Crippen molar-refractivity contribution in [3.63, 3.8) is 0 Å². The number of hydrogen-bond acceptors (Lipinski definition) is 3. The average Bonchev–Trinajstić information content (AvgIpc) is 2.53. The second kappa shape index (κ2) is 6.58. The molecule has 3 heteroatoms. The average molecular weight is 226 g/mol. The van der Waals surface area contributed by atoms with Crippen molar-refractivity contribution in [3.05, 3.63) is 0 Å². The van der Waals surface area contributed by atoms with E-state index in [1.807, 2.05) is 0 Å². The SMILES string of the molecule is CN1CCCC(CCN2CCOCC2)CC1. The molecule has 2 aliphatic rings. The minimum Gasteiger partial charge on any atom is -0.379 e. The molecule has 1 atom stereocenters. The van der Waals surface area contributed by atoms with Crippen molar-refractivity contribution in [3.8, 4) is 0 Å². The lowest BCUT2D eigenvalue weighted by Gasteiger charge is -2.28. The maximum absolute atomic E-state index is 5.38. The van der Waals surface area contributed by atoms with Gasteiger partial charge in [0.15, 0.2) is 0 Å². The predicted molar refractivity (Wildman–Crippen MR) is 66.7 cm³/mol. The van der Waals surface area contributed by atoms with E-state index in [0.717, 1.165) is 32.2 Å². The van der Waals surface area contributed by atoms with E-state index in [0.29, 0.717) is 0 Å². The van der Waals surface area contributed by atoms with Crippen LogP contribution >= 0.6 is 0 Å². The molecule has 1 unspecified atom stereocenters.